The van der Waals surface area contributed by atoms with Crippen LogP contribution in [-0.4, -0.2) is 14.3 Å². The van der Waals surface area contributed by atoms with Gasteiger partial charge >= 0.3 is 0 Å². The number of hydrogen-bond acceptors (Lipinski definition) is 3. The first-order valence-electron chi connectivity index (χ1n) is 7.48. The first kappa shape index (κ1) is 16.6. The van der Waals surface area contributed by atoms with Crippen LogP contribution in [0.4, 0.5) is 4.39 Å². The summed E-state index contributed by atoms with van der Waals surface area (Å²) in [4.78, 5) is 11.8. The van der Waals surface area contributed by atoms with Gasteiger partial charge in [0.15, 0.2) is 0 Å². The van der Waals surface area contributed by atoms with Gasteiger partial charge in [-0.25, -0.2) is 17.9 Å². The highest BCUT2D eigenvalue weighted by atomic mass is 32.2. The van der Waals surface area contributed by atoms with Gasteiger partial charge in [0, 0.05) is 5.56 Å². The van der Waals surface area contributed by atoms with Gasteiger partial charge < -0.3 is 5.32 Å². The van der Waals surface area contributed by atoms with Gasteiger partial charge in [-0.3, -0.25) is 4.79 Å². The Labute approximate surface area is 139 Å². The number of benzene rings is 2. The number of fused-ring (bicyclic) bond motifs is 1. The second kappa shape index (κ2) is 5.99. The van der Waals surface area contributed by atoms with Gasteiger partial charge in [-0.2, -0.15) is 0 Å². The summed E-state index contributed by atoms with van der Waals surface area (Å²) < 4.78 is 36.4. The maximum absolute atomic E-state index is 13.9. The fraction of sp³-hybridized carbons (Fsp3) is 0.235. The molecule has 0 aromatic heterocycles. The molecule has 0 aliphatic heterocycles. The summed E-state index contributed by atoms with van der Waals surface area (Å²) in [6.07, 6.45) is 0.861. The third kappa shape index (κ3) is 3.05. The number of nitrogens with two attached hydrogens (primary N) is 1. The molecule has 0 heterocycles. The number of hydrogen-bond donors (Lipinski definition) is 2. The summed E-state index contributed by atoms with van der Waals surface area (Å²) in [6, 6.07) is 10.9. The number of nitrogens with one attached hydrogen (secondary N) is 1. The van der Waals surface area contributed by atoms with Crippen molar-refractivity contribution in [2.75, 3.05) is 0 Å². The Morgan fingerprint density at radius 3 is 2.62 bits per heavy atom. The zero-order chi connectivity index (χ0) is 17.5. The monoisotopic (exact) mass is 348 g/mol. The summed E-state index contributed by atoms with van der Waals surface area (Å²) in [5, 5.41) is 7.82. The van der Waals surface area contributed by atoms with Crippen LogP contribution in [-0.2, 0) is 16.4 Å². The molecule has 24 heavy (non-hydrogen) atoms. The standard InChI is InChI=1S/C17H17FN2O3S/c1-10-8-11-4-2-3-5-13(11)16(10)20-17(21)12-6-7-15(14(18)9-12)24(19,22)23/h2-7,9-10,16H,8H2,1H3,(H,20,21)(H2,19,22,23)/t10-,16-/m0/s1. The van der Waals surface area contributed by atoms with E-state index in [0.29, 0.717) is 0 Å². The Kier molecular flexibility index (Phi) is 4.15. The molecule has 1 aliphatic carbocycles. The lowest BCUT2D eigenvalue weighted by molar-refractivity contribution is 0.0926. The van der Waals surface area contributed by atoms with Crippen molar-refractivity contribution in [2.24, 2.45) is 11.1 Å². The fourth-order valence-electron chi connectivity index (χ4n) is 3.11. The third-order valence-electron chi connectivity index (χ3n) is 4.29. The molecule has 5 nitrogen and oxygen atoms in total. The highest BCUT2D eigenvalue weighted by Crippen LogP contribution is 2.35. The second-order valence-corrected chi connectivity index (χ2v) is 7.55. The van der Waals surface area contributed by atoms with E-state index in [1.165, 1.54) is 11.6 Å². The summed E-state index contributed by atoms with van der Waals surface area (Å²) in [7, 11) is -4.15. The summed E-state index contributed by atoms with van der Waals surface area (Å²) in [5.41, 5.74) is 2.29. The van der Waals surface area contributed by atoms with Crippen molar-refractivity contribution in [3.63, 3.8) is 0 Å². The van der Waals surface area contributed by atoms with Crippen molar-refractivity contribution < 1.29 is 17.6 Å². The average molecular weight is 348 g/mol. The van der Waals surface area contributed by atoms with E-state index in [9.17, 15) is 17.6 Å². The first-order valence-corrected chi connectivity index (χ1v) is 9.03. The molecule has 1 aliphatic rings. The van der Waals surface area contributed by atoms with Crippen LogP contribution in [0.2, 0.25) is 0 Å². The van der Waals surface area contributed by atoms with Crippen LogP contribution in [0.3, 0.4) is 0 Å². The first-order chi connectivity index (χ1) is 11.3. The highest BCUT2D eigenvalue weighted by Gasteiger charge is 2.30. The average Bonchev–Trinajstić information content (AvgIpc) is 2.82. The van der Waals surface area contributed by atoms with Crippen molar-refractivity contribution in [1.82, 2.24) is 5.32 Å². The zero-order valence-corrected chi connectivity index (χ0v) is 13.8. The molecular weight excluding hydrogens is 331 g/mol. The van der Waals surface area contributed by atoms with Crippen molar-refractivity contribution in [1.29, 1.82) is 0 Å². The van der Waals surface area contributed by atoms with Crippen LogP contribution >= 0.6 is 0 Å². The molecule has 0 unspecified atom stereocenters. The van der Waals surface area contributed by atoms with E-state index in [1.54, 1.807) is 0 Å². The molecule has 126 valence electrons. The largest absolute Gasteiger partial charge is 0.345 e. The molecule has 0 fully saturated rings. The summed E-state index contributed by atoms with van der Waals surface area (Å²) >= 11 is 0. The topological polar surface area (TPSA) is 89.3 Å². The van der Waals surface area contributed by atoms with Crippen LogP contribution in [0, 0.1) is 11.7 Å². The molecule has 0 spiro atoms. The van der Waals surface area contributed by atoms with Gasteiger partial charge in [-0.1, -0.05) is 31.2 Å². The Morgan fingerprint density at radius 1 is 1.25 bits per heavy atom. The molecule has 2 atom stereocenters. The Hall–Kier alpha value is -2.25. The molecule has 2 aromatic carbocycles. The minimum Gasteiger partial charge on any atom is -0.345 e. The molecule has 3 N–H and O–H groups in total. The predicted octanol–water partition coefficient (Wildman–Crippen LogP) is 2.14. The third-order valence-corrected chi connectivity index (χ3v) is 5.23. The van der Waals surface area contributed by atoms with E-state index in [0.717, 1.165) is 24.1 Å². The summed E-state index contributed by atoms with van der Waals surface area (Å²) in [5.74, 6) is -1.27. The van der Waals surface area contributed by atoms with Crippen LogP contribution < -0.4 is 10.5 Å². The predicted molar refractivity (Wildman–Crippen MR) is 87.3 cm³/mol. The number of halogens is 1. The minimum atomic E-state index is -4.15. The van der Waals surface area contributed by atoms with Crippen molar-refractivity contribution in [3.8, 4) is 0 Å². The molecule has 3 rings (SSSR count). The molecule has 0 bridgehead atoms. The number of carbonyl (C=O) groups is 1. The van der Waals surface area contributed by atoms with Crippen LogP contribution in [0.15, 0.2) is 47.4 Å². The Morgan fingerprint density at radius 2 is 1.96 bits per heavy atom. The SMILES string of the molecule is C[C@H]1Cc2ccccc2[C@H]1NC(=O)c1ccc(S(N)(=O)=O)c(F)c1. The number of sulfonamides is 1. The lowest BCUT2D eigenvalue weighted by Crippen LogP contribution is -2.30. The normalized spacial score (nSPS) is 19.8. The van der Waals surface area contributed by atoms with E-state index in [2.05, 4.69) is 5.32 Å². The van der Waals surface area contributed by atoms with Gasteiger partial charge in [0.05, 0.1) is 6.04 Å². The van der Waals surface area contributed by atoms with Crippen molar-refractivity contribution >= 4 is 15.9 Å². The molecule has 0 saturated heterocycles. The Balaban J connectivity index is 1.85. The molecule has 1 amide bonds. The van der Waals surface area contributed by atoms with Gasteiger partial charge in [0.1, 0.15) is 10.7 Å². The zero-order valence-electron chi connectivity index (χ0n) is 13.0. The van der Waals surface area contributed by atoms with E-state index < -0.39 is 26.6 Å². The number of carbonyl (C=O) groups excluding carboxylic acids is 1. The maximum Gasteiger partial charge on any atom is 0.251 e. The fourth-order valence-corrected chi connectivity index (χ4v) is 3.70. The van der Waals surface area contributed by atoms with Crippen molar-refractivity contribution in [3.05, 3.63) is 65.0 Å². The number of rotatable bonds is 3. The second-order valence-electron chi connectivity index (χ2n) is 6.02. The minimum absolute atomic E-state index is 0.0523. The van der Waals surface area contributed by atoms with E-state index in [-0.39, 0.29) is 17.5 Å². The maximum atomic E-state index is 13.9. The van der Waals surface area contributed by atoms with Crippen molar-refractivity contribution in [2.45, 2.75) is 24.3 Å². The number of amides is 1. The van der Waals surface area contributed by atoms with Gasteiger partial charge in [-0.05, 0) is 41.7 Å². The van der Waals surface area contributed by atoms with E-state index in [1.807, 2.05) is 31.2 Å². The van der Waals surface area contributed by atoms with E-state index >= 15 is 0 Å². The summed E-state index contributed by atoms with van der Waals surface area (Å²) in [6.45, 7) is 2.04. The lowest BCUT2D eigenvalue weighted by atomic mass is 10.0. The molecule has 0 saturated carbocycles. The molecule has 7 heteroatoms. The smallest absolute Gasteiger partial charge is 0.251 e. The number of primary sulfonamides is 1. The van der Waals surface area contributed by atoms with Crippen LogP contribution in [0.5, 0.6) is 0 Å². The molecule has 0 radical (unpaired) electrons. The van der Waals surface area contributed by atoms with Gasteiger partial charge in [-0.15, -0.1) is 0 Å². The highest BCUT2D eigenvalue weighted by molar-refractivity contribution is 7.89. The molecule has 2 aromatic rings. The van der Waals surface area contributed by atoms with Gasteiger partial charge in [0.25, 0.3) is 5.91 Å². The lowest BCUT2D eigenvalue weighted by Gasteiger charge is -2.19. The van der Waals surface area contributed by atoms with Gasteiger partial charge in [0.2, 0.25) is 10.0 Å². The quantitative estimate of drug-likeness (QED) is 0.890. The Bertz CT molecular complexity index is 912. The van der Waals surface area contributed by atoms with Crippen LogP contribution in [0.25, 0.3) is 0 Å². The molecular formula is C17H17FN2O3S. The van der Waals surface area contributed by atoms with E-state index in [4.69, 9.17) is 5.14 Å². The van der Waals surface area contributed by atoms with Crippen LogP contribution in [0.1, 0.15) is 34.5 Å².